The van der Waals surface area contributed by atoms with Crippen LogP contribution in [0.4, 0.5) is 0 Å². The van der Waals surface area contributed by atoms with Crippen molar-refractivity contribution in [2.75, 3.05) is 13.7 Å². The molecule has 0 bridgehead atoms. The van der Waals surface area contributed by atoms with E-state index in [1.807, 2.05) is 19.1 Å². The van der Waals surface area contributed by atoms with E-state index in [0.717, 1.165) is 11.1 Å². The third kappa shape index (κ3) is 2.86. The molecule has 0 heterocycles. The van der Waals surface area contributed by atoms with Crippen molar-refractivity contribution in [2.24, 2.45) is 5.73 Å². The summed E-state index contributed by atoms with van der Waals surface area (Å²) in [6.07, 6.45) is 0. The third-order valence-corrected chi connectivity index (χ3v) is 7.17. The molecule has 4 nitrogen and oxygen atoms in total. The second-order valence-corrected chi connectivity index (χ2v) is 8.86. The molecule has 2 N–H and O–H groups in total. The first-order chi connectivity index (χ1) is 11.3. The highest BCUT2D eigenvalue weighted by molar-refractivity contribution is 7.92. The molecule has 3 atom stereocenters. The molecular formula is C18H20ClNO3S. The molecule has 1 aliphatic carbocycles. The minimum Gasteiger partial charge on any atom is -0.383 e. The standard InChI is InChI=1S/C18H20ClNO3S/c1-12-3-9-15(10-4-12)24(21,22)17-16(18(17,20)11-23-2)13-5-7-14(19)8-6-13/h3-10,16-17H,11,20H2,1-2H3/t16-,17-,18+/m1/s1. The highest BCUT2D eigenvalue weighted by Crippen LogP contribution is 2.55. The Balaban J connectivity index is 2.01. The fraction of sp³-hybridized carbons (Fsp3) is 0.333. The number of methoxy groups -OCH3 is 1. The molecule has 6 heteroatoms. The molecule has 0 unspecified atom stereocenters. The summed E-state index contributed by atoms with van der Waals surface area (Å²) in [7, 11) is -2.03. The molecule has 1 fully saturated rings. The maximum absolute atomic E-state index is 13.1. The minimum atomic E-state index is -3.56. The summed E-state index contributed by atoms with van der Waals surface area (Å²) in [5, 5.41) is -0.111. The number of hydrogen-bond donors (Lipinski definition) is 1. The molecule has 1 aliphatic rings. The van der Waals surface area contributed by atoms with Crippen molar-refractivity contribution in [1.29, 1.82) is 0 Å². The van der Waals surface area contributed by atoms with Crippen molar-refractivity contribution in [3.8, 4) is 0 Å². The number of halogens is 1. The fourth-order valence-corrected chi connectivity index (χ4v) is 5.76. The summed E-state index contributed by atoms with van der Waals surface area (Å²) in [5.41, 5.74) is 7.36. The van der Waals surface area contributed by atoms with Crippen LogP contribution in [-0.4, -0.2) is 32.9 Å². The van der Waals surface area contributed by atoms with Crippen molar-refractivity contribution in [3.05, 3.63) is 64.7 Å². The van der Waals surface area contributed by atoms with Crippen LogP contribution in [0.1, 0.15) is 17.0 Å². The van der Waals surface area contributed by atoms with Gasteiger partial charge in [-0.1, -0.05) is 41.4 Å². The van der Waals surface area contributed by atoms with Crippen molar-refractivity contribution < 1.29 is 13.2 Å². The molecule has 1 saturated carbocycles. The van der Waals surface area contributed by atoms with Gasteiger partial charge in [-0.15, -0.1) is 0 Å². The first-order valence-corrected chi connectivity index (χ1v) is 9.57. The average molecular weight is 366 g/mol. The lowest BCUT2D eigenvalue weighted by atomic mass is 10.1. The Hall–Kier alpha value is -1.40. The van der Waals surface area contributed by atoms with Crippen LogP contribution in [0.15, 0.2) is 53.4 Å². The van der Waals surface area contributed by atoms with Gasteiger partial charge in [0.05, 0.1) is 22.3 Å². The highest BCUT2D eigenvalue weighted by Gasteiger charge is 2.69. The summed E-state index contributed by atoms with van der Waals surface area (Å²) in [6, 6.07) is 14.0. The maximum atomic E-state index is 13.1. The van der Waals surface area contributed by atoms with Gasteiger partial charge in [-0.3, -0.25) is 0 Å². The Morgan fingerprint density at radius 1 is 1.12 bits per heavy atom. The molecule has 0 radical (unpaired) electrons. The molecule has 3 rings (SSSR count). The van der Waals surface area contributed by atoms with E-state index in [9.17, 15) is 8.42 Å². The Morgan fingerprint density at radius 2 is 1.71 bits per heavy atom. The number of rotatable bonds is 5. The summed E-state index contributed by atoms with van der Waals surface area (Å²) < 4.78 is 31.4. The van der Waals surface area contributed by atoms with Gasteiger partial charge in [-0.2, -0.15) is 0 Å². The summed E-state index contributed by atoms with van der Waals surface area (Å²) in [5.74, 6) is -0.319. The minimum absolute atomic E-state index is 0.177. The third-order valence-electron chi connectivity index (χ3n) is 4.61. The topological polar surface area (TPSA) is 69.4 Å². The normalized spacial score (nSPS) is 26.3. The second-order valence-electron chi connectivity index (χ2n) is 6.35. The van der Waals surface area contributed by atoms with E-state index in [1.165, 1.54) is 7.11 Å². The second kappa shape index (κ2) is 6.15. The Bertz CT molecular complexity index is 834. The summed E-state index contributed by atoms with van der Waals surface area (Å²) in [6.45, 7) is 2.10. The van der Waals surface area contributed by atoms with Crippen LogP contribution in [-0.2, 0) is 14.6 Å². The molecule has 0 amide bonds. The Kier molecular flexibility index (Phi) is 4.47. The van der Waals surface area contributed by atoms with Gasteiger partial charge in [0.2, 0.25) is 0 Å². The van der Waals surface area contributed by atoms with Crippen LogP contribution in [0.2, 0.25) is 5.02 Å². The van der Waals surface area contributed by atoms with Crippen LogP contribution in [0, 0.1) is 6.92 Å². The number of nitrogens with two attached hydrogens (primary N) is 1. The first-order valence-electron chi connectivity index (χ1n) is 7.64. The summed E-state index contributed by atoms with van der Waals surface area (Å²) >= 11 is 5.93. The van der Waals surface area contributed by atoms with Crippen molar-refractivity contribution in [3.63, 3.8) is 0 Å². The zero-order chi connectivity index (χ0) is 17.5. The van der Waals surface area contributed by atoms with Gasteiger partial charge in [-0.25, -0.2) is 8.42 Å². The van der Waals surface area contributed by atoms with Gasteiger partial charge in [0.1, 0.15) is 0 Å². The average Bonchev–Trinajstić information content (AvgIpc) is 3.15. The largest absolute Gasteiger partial charge is 0.383 e. The van der Waals surface area contributed by atoms with E-state index in [1.54, 1.807) is 36.4 Å². The van der Waals surface area contributed by atoms with E-state index in [4.69, 9.17) is 22.1 Å². The van der Waals surface area contributed by atoms with E-state index < -0.39 is 20.6 Å². The SMILES string of the molecule is COC[C@]1(N)[C@H](c2ccc(Cl)cc2)[C@H]1S(=O)(=O)c1ccc(C)cc1. The molecule has 2 aromatic rings. The predicted octanol–water partition coefficient (Wildman–Crippen LogP) is 2.93. The van der Waals surface area contributed by atoms with Crippen LogP contribution in [0.5, 0.6) is 0 Å². The number of benzene rings is 2. The summed E-state index contributed by atoms with van der Waals surface area (Å²) in [4.78, 5) is 0.292. The lowest BCUT2D eigenvalue weighted by Gasteiger charge is -2.11. The first kappa shape index (κ1) is 17.4. The van der Waals surface area contributed by atoms with Crippen LogP contribution in [0.3, 0.4) is 0 Å². The monoisotopic (exact) mass is 365 g/mol. The van der Waals surface area contributed by atoms with Gasteiger partial charge in [-0.05, 0) is 36.8 Å². The van der Waals surface area contributed by atoms with Crippen molar-refractivity contribution in [2.45, 2.75) is 28.5 Å². The molecule has 0 saturated heterocycles. The number of aryl methyl sites for hydroxylation is 1. The van der Waals surface area contributed by atoms with Crippen LogP contribution < -0.4 is 5.73 Å². The highest BCUT2D eigenvalue weighted by atomic mass is 35.5. The Morgan fingerprint density at radius 3 is 2.25 bits per heavy atom. The number of hydrogen-bond acceptors (Lipinski definition) is 4. The quantitative estimate of drug-likeness (QED) is 0.884. The van der Waals surface area contributed by atoms with Gasteiger partial charge in [0.15, 0.2) is 9.84 Å². The lowest BCUT2D eigenvalue weighted by molar-refractivity contribution is 0.171. The molecule has 128 valence electrons. The van der Waals surface area contributed by atoms with Crippen LogP contribution >= 0.6 is 11.6 Å². The van der Waals surface area contributed by atoms with E-state index in [-0.39, 0.29) is 12.5 Å². The van der Waals surface area contributed by atoms with E-state index in [0.29, 0.717) is 9.92 Å². The zero-order valence-corrected chi connectivity index (χ0v) is 15.1. The lowest BCUT2D eigenvalue weighted by Crippen LogP contribution is -2.35. The fourth-order valence-electron chi connectivity index (χ4n) is 3.34. The van der Waals surface area contributed by atoms with Gasteiger partial charge in [0.25, 0.3) is 0 Å². The smallest absolute Gasteiger partial charge is 0.183 e. The van der Waals surface area contributed by atoms with E-state index in [2.05, 4.69) is 0 Å². The molecular weight excluding hydrogens is 346 g/mol. The molecule has 2 aromatic carbocycles. The predicted molar refractivity (Wildman–Crippen MR) is 95.1 cm³/mol. The maximum Gasteiger partial charge on any atom is 0.183 e. The van der Waals surface area contributed by atoms with Gasteiger partial charge in [0, 0.05) is 18.1 Å². The van der Waals surface area contributed by atoms with Crippen molar-refractivity contribution >= 4 is 21.4 Å². The van der Waals surface area contributed by atoms with Gasteiger partial charge < -0.3 is 10.5 Å². The van der Waals surface area contributed by atoms with Crippen molar-refractivity contribution in [1.82, 2.24) is 0 Å². The van der Waals surface area contributed by atoms with E-state index >= 15 is 0 Å². The molecule has 0 spiro atoms. The van der Waals surface area contributed by atoms with Gasteiger partial charge >= 0.3 is 0 Å². The Labute approximate surface area is 147 Å². The molecule has 0 aliphatic heterocycles. The number of ether oxygens (including phenoxy) is 1. The zero-order valence-electron chi connectivity index (χ0n) is 13.6. The molecule has 24 heavy (non-hydrogen) atoms. The number of sulfone groups is 1. The molecule has 0 aromatic heterocycles. The van der Waals surface area contributed by atoms with Crippen LogP contribution in [0.25, 0.3) is 0 Å².